The average molecular weight is 519 g/mol. The maximum absolute atomic E-state index is 13.2. The Bertz CT molecular complexity index is 1280. The molecule has 0 bridgehead atoms. The minimum absolute atomic E-state index is 0.0645. The van der Waals surface area contributed by atoms with E-state index in [2.05, 4.69) is 4.99 Å². The molecule has 3 aromatic rings. The molecule has 0 saturated carbocycles. The SMILES string of the molecule is COc1cc(N=Cc2cc(Cl)cc(Cl)c2OS(=O)(=O)c2ccc(F)cc2)c(OC)cc1Cl. The summed E-state index contributed by atoms with van der Waals surface area (Å²) in [6.45, 7) is 0. The van der Waals surface area contributed by atoms with Crippen LogP contribution in [0.5, 0.6) is 17.2 Å². The van der Waals surface area contributed by atoms with Crippen molar-refractivity contribution in [2.45, 2.75) is 4.90 Å². The third kappa shape index (κ3) is 5.45. The molecule has 0 aromatic heterocycles. The quantitative estimate of drug-likeness (QED) is 0.270. The molecule has 0 fully saturated rings. The van der Waals surface area contributed by atoms with Crippen LogP contribution in [0.3, 0.4) is 0 Å². The van der Waals surface area contributed by atoms with Gasteiger partial charge in [0.15, 0.2) is 5.75 Å². The molecule has 3 rings (SSSR count). The van der Waals surface area contributed by atoms with Gasteiger partial charge < -0.3 is 13.7 Å². The van der Waals surface area contributed by atoms with E-state index in [1.54, 1.807) is 6.07 Å². The van der Waals surface area contributed by atoms with E-state index >= 15 is 0 Å². The van der Waals surface area contributed by atoms with Crippen molar-refractivity contribution in [2.24, 2.45) is 4.99 Å². The van der Waals surface area contributed by atoms with Gasteiger partial charge in [0.25, 0.3) is 0 Å². The molecular weight excluding hydrogens is 504 g/mol. The van der Waals surface area contributed by atoms with Crippen molar-refractivity contribution in [1.29, 1.82) is 0 Å². The Morgan fingerprint density at radius 3 is 2.19 bits per heavy atom. The largest absolute Gasteiger partial charge is 0.495 e. The molecule has 0 saturated heterocycles. The molecule has 0 aliphatic heterocycles. The van der Waals surface area contributed by atoms with Crippen LogP contribution in [0.4, 0.5) is 10.1 Å². The van der Waals surface area contributed by atoms with E-state index in [4.69, 9.17) is 48.5 Å². The van der Waals surface area contributed by atoms with E-state index in [0.29, 0.717) is 22.2 Å². The summed E-state index contributed by atoms with van der Waals surface area (Å²) in [6.07, 6.45) is 1.30. The molecule has 11 heteroatoms. The summed E-state index contributed by atoms with van der Waals surface area (Å²) in [7, 11) is -1.43. The highest BCUT2D eigenvalue weighted by atomic mass is 35.5. The van der Waals surface area contributed by atoms with Gasteiger partial charge in [-0.05, 0) is 36.4 Å². The predicted molar refractivity (Wildman–Crippen MR) is 122 cm³/mol. The first-order valence-electron chi connectivity index (χ1n) is 8.79. The van der Waals surface area contributed by atoms with Gasteiger partial charge in [0, 0.05) is 28.9 Å². The summed E-state index contributed by atoms with van der Waals surface area (Å²) in [6, 6.07) is 9.97. The average Bonchev–Trinajstić information content (AvgIpc) is 2.75. The first-order chi connectivity index (χ1) is 15.1. The van der Waals surface area contributed by atoms with Crippen molar-refractivity contribution in [3.63, 3.8) is 0 Å². The molecule has 0 atom stereocenters. The van der Waals surface area contributed by atoms with Crippen LogP contribution < -0.4 is 13.7 Å². The fourth-order valence-electron chi connectivity index (χ4n) is 2.61. The van der Waals surface area contributed by atoms with Gasteiger partial charge in [0.05, 0.1) is 24.3 Å². The van der Waals surface area contributed by atoms with Crippen LogP contribution in [0.1, 0.15) is 5.56 Å². The lowest BCUT2D eigenvalue weighted by molar-refractivity contribution is 0.404. The first-order valence-corrected chi connectivity index (χ1v) is 11.3. The number of aliphatic imine (C=N–C) groups is 1. The zero-order valence-corrected chi connectivity index (χ0v) is 19.7. The number of hydrogen-bond acceptors (Lipinski definition) is 6. The highest BCUT2D eigenvalue weighted by Gasteiger charge is 2.21. The number of rotatable bonds is 7. The molecular formula is C21H15Cl3FNO5S. The van der Waals surface area contributed by atoms with Gasteiger partial charge in [-0.3, -0.25) is 4.99 Å². The number of halogens is 4. The summed E-state index contributed by atoms with van der Waals surface area (Å²) < 4.78 is 54.2. The van der Waals surface area contributed by atoms with Crippen LogP contribution >= 0.6 is 34.8 Å². The minimum Gasteiger partial charge on any atom is -0.495 e. The predicted octanol–water partition coefficient (Wildman–Crippen LogP) is 6.32. The molecule has 0 N–H and O–H groups in total. The Balaban J connectivity index is 2.05. The molecule has 168 valence electrons. The first kappa shape index (κ1) is 24.1. The monoisotopic (exact) mass is 517 g/mol. The molecule has 32 heavy (non-hydrogen) atoms. The second-order valence-corrected chi connectivity index (χ2v) is 9.01. The van der Waals surface area contributed by atoms with Crippen molar-refractivity contribution in [3.05, 3.63) is 75.0 Å². The lowest BCUT2D eigenvalue weighted by Crippen LogP contribution is -2.11. The Hall–Kier alpha value is -2.52. The fourth-order valence-corrected chi connectivity index (χ4v) is 4.40. The highest BCUT2D eigenvalue weighted by Crippen LogP contribution is 2.38. The highest BCUT2D eigenvalue weighted by molar-refractivity contribution is 7.87. The number of benzene rings is 3. The van der Waals surface area contributed by atoms with Gasteiger partial charge in [-0.2, -0.15) is 8.42 Å². The lowest BCUT2D eigenvalue weighted by atomic mass is 10.2. The molecule has 0 amide bonds. The topological polar surface area (TPSA) is 74.2 Å². The van der Waals surface area contributed by atoms with E-state index in [1.807, 2.05) is 0 Å². The number of methoxy groups -OCH3 is 2. The summed E-state index contributed by atoms with van der Waals surface area (Å²) in [4.78, 5) is 4.07. The van der Waals surface area contributed by atoms with Crippen LogP contribution in [0.2, 0.25) is 15.1 Å². The maximum atomic E-state index is 13.2. The van der Waals surface area contributed by atoms with Crippen molar-refractivity contribution >= 4 is 56.8 Å². The van der Waals surface area contributed by atoms with E-state index < -0.39 is 15.9 Å². The standard InChI is InChI=1S/C21H15Cl3FNO5S/c1-29-19-10-18(20(30-2)9-16(19)23)26-11-12-7-13(22)8-17(24)21(12)31-32(27,28)15-5-3-14(25)4-6-15/h3-11H,1-2H3. The number of nitrogens with zero attached hydrogens (tertiary/aromatic N) is 1. The summed E-state index contributed by atoms with van der Waals surface area (Å²) in [5.74, 6) is -0.0849. The van der Waals surface area contributed by atoms with Gasteiger partial charge >= 0.3 is 10.1 Å². The smallest absolute Gasteiger partial charge is 0.339 e. The Labute approximate surface area is 199 Å². The second kappa shape index (κ2) is 9.95. The summed E-state index contributed by atoms with van der Waals surface area (Å²) in [5, 5.41) is 0.484. The second-order valence-electron chi connectivity index (χ2n) is 6.21. The van der Waals surface area contributed by atoms with Gasteiger partial charge in [-0.15, -0.1) is 0 Å². The van der Waals surface area contributed by atoms with Crippen molar-refractivity contribution in [1.82, 2.24) is 0 Å². The summed E-state index contributed by atoms with van der Waals surface area (Å²) >= 11 is 18.4. The van der Waals surface area contributed by atoms with Gasteiger partial charge in [-0.25, -0.2) is 4.39 Å². The Morgan fingerprint density at radius 2 is 1.56 bits per heavy atom. The molecule has 0 heterocycles. The van der Waals surface area contributed by atoms with E-state index in [0.717, 1.165) is 24.3 Å². The third-order valence-corrected chi connectivity index (χ3v) is 6.16. The van der Waals surface area contributed by atoms with Gasteiger partial charge in [0.2, 0.25) is 0 Å². The molecule has 0 radical (unpaired) electrons. The molecule has 3 aromatic carbocycles. The van der Waals surface area contributed by atoms with Gasteiger partial charge in [-0.1, -0.05) is 34.8 Å². The van der Waals surface area contributed by atoms with Crippen molar-refractivity contribution in [2.75, 3.05) is 14.2 Å². The maximum Gasteiger partial charge on any atom is 0.339 e. The molecule has 0 spiro atoms. The van der Waals surface area contributed by atoms with Crippen LogP contribution in [-0.2, 0) is 10.1 Å². The van der Waals surface area contributed by atoms with Crippen molar-refractivity contribution < 1.29 is 26.5 Å². The molecule has 0 unspecified atom stereocenters. The van der Waals surface area contributed by atoms with Crippen LogP contribution in [0.25, 0.3) is 0 Å². The van der Waals surface area contributed by atoms with Crippen LogP contribution in [0, 0.1) is 5.82 Å². The minimum atomic E-state index is -4.32. The zero-order chi connectivity index (χ0) is 23.5. The number of hydrogen-bond donors (Lipinski definition) is 0. The zero-order valence-electron chi connectivity index (χ0n) is 16.6. The molecule has 0 aliphatic rings. The Kier molecular flexibility index (Phi) is 7.51. The molecule has 6 nitrogen and oxygen atoms in total. The summed E-state index contributed by atoms with van der Waals surface area (Å²) in [5.41, 5.74) is 0.515. The van der Waals surface area contributed by atoms with Crippen LogP contribution in [-0.4, -0.2) is 28.9 Å². The molecule has 0 aliphatic carbocycles. The number of ether oxygens (including phenoxy) is 2. The Morgan fingerprint density at radius 1 is 0.906 bits per heavy atom. The van der Waals surface area contributed by atoms with E-state index in [-0.39, 0.29) is 26.3 Å². The normalized spacial score (nSPS) is 11.6. The lowest BCUT2D eigenvalue weighted by Gasteiger charge is -2.12. The fraction of sp³-hybridized carbons (Fsp3) is 0.0952. The van der Waals surface area contributed by atoms with Crippen molar-refractivity contribution in [3.8, 4) is 17.2 Å². The third-order valence-electron chi connectivity index (χ3n) is 4.13. The van der Waals surface area contributed by atoms with Gasteiger partial charge in [0.1, 0.15) is 27.9 Å². The van der Waals surface area contributed by atoms with E-state index in [1.165, 1.54) is 38.6 Å². The van der Waals surface area contributed by atoms with E-state index in [9.17, 15) is 12.8 Å². The van der Waals surface area contributed by atoms with Crippen LogP contribution in [0.15, 0.2) is 58.4 Å².